The van der Waals surface area contributed by atoms with Crippen molar-refractivity contribution in [2.45, 2.75) is 244 Å². The lowest BCUT2D eigenvalue weighted by Crippen LogP contribution is -2.60. The molecule has 4 aliphatic rings. The molecule has 0 saturated carbocycles. The monoisotopic (exact) mass is 808 g/mol. The number of piperidine rings is 4. The summed E-state index contributed by atoms with van der Waals surface area (Å²) in [6, 6.07) is 0. The van der Waals surface area contributed by atoms with Gasteiger partial charge in [0.25, 0.3) is 0 Å². The average Bonchev–Trinajstić information content (AvgIpc) is 2.87. The van der Waals surface area contributed by atoms with Gasteiger partial charge in [-0.25, -0.2) is 0 Å². The fourth-order valence-corrected chi connectivity index (χ4v) is 11.4. The zero-order valence-corrected chi connectivity index (χ0v) is 38.5. The first kappa shape index (κ1) is 49.0. The number of carbonyl (C=O) groups is 4. The minimum Gasteiger partial charge on any atom is -0.462 e. The number of rotatable bonds is 11. The lowest BCUT2D eigenvalue weighted by Gasteiger charge is -2.47. The molecular weight excluding hydrogens is 727 g/mol. The SMILES string of the molecule is CC1(C)CC(OC(=O)CC(C(=O)OC2CC(C)(C)NC(C)(C)C2)C(CC(=O)OC2CC(C)(C)NC(C)(C)C2)C(=O)OC2CC(C)(C)NC(C)(C)C2)CC(C)(C)N1.N. The normalized spacial score (nSPS) is 27.4. The molecule has 2 atom stereocenters. The molecule has 0 aromatic carbocycles. The Morgan fingerprint density at radius 2 is 0.561 bits per heavy atom. The van der Waals surface area contributed by atoms with Crippen molar-refractivity contribution >= 4 is 23.9 Å². The van der Waals surface area contributed by atoms with Crippen LogP contribution in [0, 0.1) is 11.8 Å². The summed E-state index contributed by atoms with van der Waals surface area (Å²) < 4.78 is 24.8. The number of carbonyl (C=O) groups excluding carboxylic acids is 4. The first-order valence-corrected chi connectivity index (χ1v) is 21.1. The molecular formula is C44H81N5O8. The molecule has 0 amide bonds. The van der Waals surface area contributed by atoms with E-state index < -0.39 is 73.0 Å². The topological polar surface area (TPSA) is 188 Å². The molecule has 0 aliphatic carbocycles. The molecule has 0 aromatic rings. The van der Waals surface area contributed by atoms with Crippen LogP contribution in [0.5, 0.6) is 0 Å². The number of hydrogen-bond acceptors (Lipinski definition) is 13. The number of ether oxygens (including phenoxy) is 4. The Morgan fingerprint density at radius 1 is 0.386 bits per heavy atom. The van der Waals surface area contributed by atoms with Gasteiger partial charge in [-0.15, -0.1) is 0 Å². The van der Waals surface area contributed by atoms with E-state index in [1.807, 2.05) is 0 Å². The van der Waals surface area contributed by atoms with Crippen LogP contribution in [0.2, 0.25) is 0 Å². The summed E-state index contributed by atoms with van der Waals surface area (Å²) in [5, 5.41) is 14.5. The molecule has 330 valence electrons. The highest BCUT2D eigenvalue weighted by Gasteiger charge is 2.48. The van der Waals surface area contributed by atoms with E-state index in [0.29, 0.717) is 51.4 Å². The van der Waals surface area contributed by atoms with Crippen molar-refractivity contribution in [3.8, 4) is 0 Å². The second-order valence-electron chi connectivity index (χ2n) is 23.2. The largest absolute Gasteiger partial charge is 0.462 e. The average molecular weight is 808 g/mol. The minimum atomic E-state index is -1.34. The highest BCUT2D eigenvalue weighted by atomic mass is 16.6. The molecule has 0 radical (unpaired) electrons. The van der Waals surface area contributed by atoms with Gasteiger partial charge in [0.15, 0.2) is 0 Å². The van der Waals surface area contributed by atoms with Gasteiger partial charge in [-0.3, -0.25) is 19.2 Å². The van der Waals surface area contributed by atoms with Crippen LogP contribution in [0.15, 0.2) is 0 Å². The predicted molar refractivity (Wildman–Crippen MR) is 223 cm³/mol. The molecule has 13 heteroatoms. The van der Waals surface area contributed by atoms with Gasteiger partial charge in [-0.05, 0) is 111 Å². The molecule has 4 aliphatic heterocycles. The van der Waals surface area contributed by atoms with Crippen LogP contribution in [-0.4, -0.2) is 92.6 Å². The fourth-order valence-electron chi connectivity index (χ4n) is 11.4. The second kappa shape index (κ2) is 17.0. The van der Waals surface area contributed by atoms with Gasteiger partial charge in [0, 0.05) is 95.7 Å². The molecule has 0 aromatic heterocycles. The van der Waals surface area contributed by atoms with E-state index in [-0.39, 0.29) is 50.5 Å². The van der Waals surface area contributed by atoms with Crippen molar-refractivity contribution in [3.05, 3.63) is 0 Å². The Morgan fingerprint density at radius 3 is 0.754 bits per heavy atom. The summed E-state index contributed by atoms with van der Waals surface area (Å²) >= 11 is 0. The third kappa shape index (κ3) is 15.0. The van der Waals surface area contributed by atoms with Gasteiger partial charge in [0.1, 0.15) is 24.4 Å². The smallest absolute Gasteiger partial charge is 0.310 e. The molecule has 4 fully saturated rings. The predicted octanol–water partition coefficient (Wildman–Crippen LogP) is 6.57. The van der Waals surface area contributed by atoms with Gasteiger partial charge < -0.3 is 46.4 Å². The van der Waals surface area contributed by atoms with Gasteiger partial charge in [-0.2, -0.15) is 0 Å². The third-order valence-electron chi connectivity index (χ3n) is 11.6. The van der Waals surface area contributed by atoms with E-state index in [9.17, 15) is 19.2 Å². The van der Waals surface area contributed by atoms with Crippen molar-refractivity contribution < 1.29 is 38.1 Å². The van der Waals surface area contributed by atoms with Crippen LogP contribution in [-0.2, 0) is 38.1 Å². The molecule has 7 N–H and O–H groups in total. The summed E-state index contributed by atoms with van der Waals surface area (Å²) in [5.41, 5.74) is -2.47. The van der Waals surface area contributed by atoms with Crippen molar-refractivity contribution in [2.75, 3.05) is 0 Å². The van der Waals surface area contributed by atoms with Crippen molar-refractivity contribution in [2.24, 2.45) is 11.8 Å². The Balaban J connectivity index is 0.00000870. The highest BCUT2D eigenvalue weighted by Crippen LogP contribution is 2.37. The van der Waals surface area contributed by atoms with Crippen LogP contribution >= 0.6 is 0 Å². The summed E-state index contributed by atoms with van der Waals surface area (Å²) in [7, 11) is 0. The van der Waals surface area contributed by atoms with Gasteiger partial charge in [-0.1, -0.05) is 0 Å². The molecule has 4 heterocycles. The Bertz CT molecular complexity index is 1300. The summed E-state index contributed by atoms with van der Waals surface area (Å²) in [6.07, 6.45) is 1.83. The lowest BCUT2D eigenvalue weighted by atomic mass is 9.80. The maximum atomic E-state index is 14.6. The van der Waals surface area contributed by atoms with Crippen molar-refractivity contribution in [1.29, 1.82) is 0 Å². The number of hydrogen-bond donors (Lipinski definition) is 5. The molecule has 0 spiro atoms. The number of nitrogens with one attached hydrogen (secondary N) is 4. The van der Waals surface area contributed by atoms with Crippen LogP contribution in [0.3, 0.4) is 0 Å². The first-order valence-electron chi connectivity index (χ1n) is 21.1. The molecule has 13 nitrogen and oxygen atoms in total. The summed E-state index contributed by atoms with van der Waals surface area (Å²) in [6.45, 7) is 33.1. The van der Waals surface area contributed by atoms with Crippen LogP contribution in [0.25, 0.3) is 0 Å². The second-order valence-corrected chi connectivity index (χ2v) is 23.2. The first-order chi connectivity index (χ1) is 25.1. The maximum absolute atomic E-state index is 14.6. The lowest BCUT2D eigenvalue weighted by molar-refractivity contribution is -0.178. The van der Waals surface area contributed by atoms with Crippen molar-refractivity contribution in [3.63, 3.8) is 0 Å². The molecule has 57 heavy (non-hydrogen) atoms. The highest BCUT2D eigenvalue weighted by molar-refractivity contribution is 5.88. The molecule has 4 rings (SSSR count). The van der Waals surface area contributed by atoms with E-state index in [4.69, 9.17) is 18.9 Å². The van der Waals surface area contributed by atoms with E-state index in [1.165, 1.54) is 0 Å². The van der Waals surface area contributed by atoms with E-state index in [2.05, 4.69) is 132 Å². The summed E-state index contributed by atoms with van der Waals surface area (Å²) in [5.74, 6) is -5.33. The number of esters is 4. The van der Waals surface area contributed by atoms with Gasteiger partial charge >= 0.3 is 23.9 Å². The van der Waals surface area contributed by atoms with Crippen LogP contribution < -0.4 is 27.4 Å². The molecule has 4 saturated heterocycles. The van der Waals surface area contributed by atoms with E-state index in [1.54, 1.807) is 0 Å². The van der Waals surface area contributed by atoms with E-state index in [0.717, 1.165) is 0 Å². The standard InChI is InChI=1S/C44H78N4O8.H3N/c1-37(2)19-27(20-38(3,4)45-37)53-33(49)17-31(35(51)55-29-23-41(9,10)47-42(11,12)24-29)32(36(52)56-30-25-43(13,14)48-44(15,16)26-30)18-34(50)54-28-21-39(5,6)46-40(7,8)22-28;/h27-32,45-48H,17-26H2,1-16H3;1H3. The van der Waals surface area contributed by atoms with Crippen LogP contribution in [0.1, 0.15) is 175 Å². The Kier molecular flexibility index (Phi) is 14.6. The van der Waals surface area contributed by atoms with Gasteiger partial charge in [0.2, 0.25) is 0 Å². The fraction of sp³-hybridized carbons (Fsp3) is 0.909. The minimum absolute atomic E-state index is 0. The van der Waals surface area contributed by atoms with E-state index >= 15 is 0 Å². The van der Waals surface area contributed by atoms with Crippen molar-refractivity contribution in [1.82, 2.24) is 27.4 Å². The summed E-state index contributed by atoms with van der Waals surface area (Å²) in [4.78, 5) is 57.3. The third-order valence-corrected chi connectivity index (χ3v) is 11.6. The van der Waals surface area contributed by atoms with Crippen LogP contribution in [0.4, 0.5) is 0 Å². The zero-order chi connectivity index (χ0) is 42.5. The quantitative estimate of drug-likeness (QED) is 0.112. The Labute approximate surface area is 344 Å². The zero-order valence-electron chi connectivity index (χ0n) is 38.5. The maximum Gasteiger partial charge on any atom is 0.310 e. The van der Waals surface area contributed by atoms with Gasteiger partial charge in [0.05, 0.1) is 24.7 Å². The molecule has 0 bridgehead atoms. The molecule has 2 unspecified atom stereocenters. The Hall–Kier alpha value is -2.32.